The molecule has 0 aliphatic carbocycles. The molecule has 0 aliphatic rings. The van der Waals surface area contributed by atoms with Gasteiger partial charge in [-0.25, -0.2) is 0 Å². The Morgan fingerprint density at radius 2 is 2.06 bits per heavy atom. The van der Waals surface area contributed by atoms with Gasteiger partial charge in [0.1, 0.15) is 17.3 Å². The fraction of sp³-hybridized carbons (Fsp3) is 0.250. The molecule has 5 nitrogen and oxygen atoms in total. The number of hydrogen-bond acceptors (Lipinski definition) is 4. The highest BCUT2D eigenvalue weighted by molar-refractivity contribution is 5.79. The van der Waals surface area contributed by atoms with Crippen molar-refractivity contribution in [1.29, 1.82) is 0 Å². The van der Waals surface area contributed by atoms with Crippen molar-refractivity contribution < 1.29 is 9.84 Å². The summed E-state index contributed by atoms with van der Waals surface area (Å²) >= 11 is 0. The Bertz CT molecular complexity index is 561. The summed E-state index contributed by atoms with van der Waals surface area (Å²) in [6, 6.07) is 3.42. The van der Waals surface area contributed by atoms with E-state index in [1.807, 2.05) is 6.92 Å². The number of nitrogens with zero attached hydrogens (tertiary/aromatic N) is 2. The minimum absolute atomic E-state index is 0.212. The number of hydrogen-bond donors (Lipinski definition) is 2. The minimum Gasteiger partial charge on any atom is -0.508 e. The van der Waals surface area contributed by atoms with Crippen molar-refractivity contribution in [2.75, 3.05) is 12.8 Å². The van der Waals surface area contributed by atoms with Gasteiger partial charge >= 0.3 is 0 Å². The fourth-order valence-electron chi connectivity index (χ4n) is 1.70. The first-order chi connectivity index (χ1) is 8.04. The molecule has 5 heteroatoms. The third-order valence-corrected chi connectivity index (χ3v) is 2.79. The third kappa shape index (κ3) is 1.80. The topological polar surface area (TPSA) is 73.3 Å². The lowest BCUT2D eigenvalue weighted by Crippen LogP contribution is -1.98. The molecule has 2 rings (SSSR count). The molecule has 1 aromatic heterocycles. The van der Waals surface area contributed by atoms with Crippen LogP contribution in [0.2, 0.25) is 0 Å². The van der Waals surface area contributed by atoms with Crippen LogP contribution >= 0.6 is 0 Å². The molecule has 0 unspecified atom stereocenters. The van der Waals surface area contributed by atoms with Gasteiger partial charge in [-0.2, -0.15) is 5.10 Å². The first-order valence-electron chi connectivity index (χ1n) is 5.20. The zero-order valence-electron chi connectivity index (χ0n) is 10.1. The largest absolute Gasteiger partial charge is 0.508 e. The van der Waals surface area contributed by atoms with Crippen molar-refractivity contribution >= 4 is 5.82 Å². The standard InChI is InChI=1S/C12H15N3O2/c1-7-4-11(17-3)8(5-10(7)16)9-6-14-15(2)12(9)13/h4-6,16H,13H2,1-3H3. The summed E-state index contributed by atoms with van der Waals surface area (Å²) in [6.07, 6.45) is 1.65. The molecule has 0 saturated carbocycles. The zero-order chi connectivity index (χ0) is 12.6. The van der Waals surface area contributed by atoms with Gasteiger partial charge in [0.25, 0.3) is 0 Å². The molecule has 0 atom stereocenters. The van der Waals surface area contributed by atoms with Crippen LogP contribution in [-0.2, 0) is 7.05 Å². The molecule has 17 heavy (non-hydrogen) atoms. The summed E-state index contributed by atoms with van der Waals surface area (Å²) in [4.78, 5) is 0. The molecule has 0 amide bonds. The summed E-state index contributed by atoms with van der Waals surface area (Å²) in [5.41, 5.74) is 8.15. The molecule has 0 saturated heterocycles. The average Bonchev–Trinajstić information content (AvgIpc) is 2.63. The number of ether oxygens (including phenoxy) is 1. The van der Waals surface area contributed by atoms with Crippen LogP contribution in [0.5, 0.6) is 11.5 Å². The van der Waals surface area contributed by atoms with Gasteiger partial charge in [0, 0.05) is 18.2 Å². The second-order valence-corrected chi connectivity index (χ2v) is 3.91. The van der Waals surface area contributed by atoms with Crippen molar-refractivity contribution in [3.8, 4) is 22.6 Å². The number of nitrogens with two attached hydrogens (primary N) is 1. The highest BCUT2D eigenvalue weighted by atomic mass is 16.5. The van der Waals surface area contributed by atoms with E-state index in [9.17, 15) is 5.11 Å². The Labute approximate surface area is 99.4 Å². The monoisotopic (exact) mass is 233 g/mol. The van der Waals surface area contributed by atoms with Crippen LogP contribution in [0.15, 0.2) is 18.3 Å². The smallest absolute Gasteiger partial charge is 0.129 e. The van der Waals surface area contributed by atoms with E-state index in [0.29, 0.717) is 11.6 Å². The van der Waals surface area contributed by atoms with E-state index in [0.717, 1.165) is 16.7 Å². The van der Waals surface area contributed by atoms with Crippen molar-refractivity contribution in [3.05, 3.63) is 23.9 Å². The number of aryl methyl sites for hydroxylation is 2. The number of anilines is 1. The molecule has 0 spiro atoms. The highest BCUT2D eigenvalue weighted by Crippen LogP contribution is 2.37. The maximum atomic E-state index is 9.76. The van der Waals surface area contributed by atoms with Crippen molar-refractivity contribution in [1.82, 2.24) is 9.78 Å². The second kappa shape index (κ2) is 4.01. The molecule has 0 radical (unpaired) electrons. The van der Waals surface area contributed by atoms with Gasteiger partial charge in [-0.05, 0) is 24.6 Å². The molecule has 2 aromatic rings. The summed E-state index contributed by atoms with van der Waals surface area (Å²) in [5.74, 6) is 1.41. The summed E-state index contributed by atoms with van der Waals surface area (Å²) < 4.78 is 6.87. The van der Waals surface area contributed by atoms with Gasteiger partial charge in [-0.1, -0.05) is 0 Å². The van der Waals surface area contributed by atoms with Crippen molar-refractivity contribution in [3.63, 3.8) is 0 Å². The van der Waals surface area contributed by atoms with E-state index < -0.39 is 0 Å². The lowest BCUT2D eigenvalue weighted by molar-refractivity contribution is 0.413. The Hall–Kier alpha value is -2.17. The van der Waals surface area contributed by atoms with E-state index in [4.69, 9.17) is 10.5 Å². The van der Waals surface area contributed by atoms with Crippen LogP contribution in [0.3, 0.4) is 0 Å². The summed E-state index contributed by atoms with van der Waals surface area (Å²) in [6.45, 7) is 1.81. The number of benzene rings is 1. The number of aromatic nitrogens is 2. The number of rotatable bonds is 2. The summed E-state index contributed by atoms with van der Waals surface area (Å²) in [5, 5.41) is 13.8. The van der Waals surface area contributed by atoms with Crippen LogP contribution in [0.25, 0.3) is 11.1 Å². The second-order valence-electron chi connectivity index (χ2n) is 3.91. The number of aromatic hydroxyl groups is 1. The predicted octanol–water partition coefficient (Wildman–Crippen LogP) is 1.69. The van der Waals surface area contributed by atoms with E-state index in [2.05, 4.69) is 5.10 Å². The SMILES string of the molecule is COc1cc(C)c(O)cc1-c1cnn(C)c1N. The maximum absolute atomic E-state index is 9.76. The Morgan fingerprint density at radius 1 is 1.35 bits per heavy atom. The zero-order valence-corrected chi connectivity index (χ0v) is 10.1. The molecular weight excluding hydrogens is 218 g/mol. The fourth-order valence-corrected chi connectivity index (χ4v) is 1.70. The average molecular weight is 233 g/mol. The molecular formula is C12H15N3O2. The first kappa shape index (κ1) is 11.3. The Balaban J connectivity index is 2.66. The molecule has 1 aromatic carbocycles. The van der Waals surface area contributed by atoms with Gasteiger partial charge in [0.05, 0.1) is 13.3 Å². The van der Waals surface area contributed by atoms with Crippen LogP contribution in [0, 0.1) is 6.92 Å². The van der Waals surface area contributed by atoms with Gasteiger partial charge in [-0.15, -0.1) is 0 Å². The predicted molar refractivity (Wildman–Crippen MR) is 66.0 cm³/mol. The van der Waals surface area contributed by atoms with Crippen LogP contribution in [0.4, 0.5) is 5.82 Å². The normalized spacial score (nSPS) is 10.5. The molecule has 0 aliphatic heterocycles. The minimum atomic E-state index is 0.212. The van der Waals surface area contributed by atoms with Gasteiger partial charge in [-0.3, -0.25) is 4.68 Å². The van der Waals surface area contributed by atoms with E-state index in [1.165, 1.54) is 0 Å². The molecule has 0 fully saturated rings. The first-order valence-corrected chi connectivity index (χ1v) is 5.20. The highest BCUT2D eigenvalue weighted by Gasteiger charge is 2.14. The Morgan fingerprint density at radius 3 is 2.59 bits per heavy atom. The summed E-state index contributed by atoms with van der Waals surface area (Å²) in [7, 11) is 3.35. The van der Waals surface area contributed by atoms with Crippen molar-refractivity contribution in [2.45, 2.75) is 6.92 Å². The number of phenolic OH excluding ortho intramolecular Hbond substituents is 1. The number of nitrogen functional groups attached to an aromatic ring is 1. The molecule has 90 valence electrons. The van der Waals surface area contributed by atoms with Crippen LogP contribution < -0.4 is 10.5 Å². The van der Waals surface area contributed by atoms with E-state index in [-0.39, 0.29) is 5.75 Å². The Kier molecular flexibility index (Phi) is 2.67. The van der Waals surface area contributed by atoms with E-state index >= 15 is 0 Å². The third-order valence-electron chi connectivity index (χ3n) is 2.79. The quantitative estimate of drug-likeness (QED) is 0.827. The molecule has 1 heterocycles. The van der Waals surface area contributed by atoms with Crippen LogP contribution in [-0.4, -0.2) is 22.0 Å². The van der Waals surface area contributed by atoms with Gasteiger partial charge in [0.2, 0.25) is 0 Å². The molecule has 3 N–H and O–H groups in total. The maximum Gasteiger partial charge on any atom is 0.129 e. The van der Waals surface area contributed by atoms with Crippen LogP contribution in [0.1, 0.15) is 5.56 Å². The lowest BCUT2D eigenvalue weighted by Gasteiger charge is -2.10. The van der Waals surface area contributed by atoms with Gasteiger partial charge in [0.15, 0.2) is 0 Å². The van der Waals surface area contributed by atoms with E-state index in [1.54, 1.807) is 37.2 Å². The number of phenols is 1. The van der Waals surface area contributed by atoms with Gasteiger partial charge < -0.3 is 15.6 Å². The molecule has 0 bridgehead atoms. The van der Waals surface area contributed by atoms with Crippen molar-refractivity contribution in [2.24, 2.45) is 7.05 Å². The number of methoxy groups -OCH3 is 1. The lowest BCUT2D eigenvalue weighted by atomic mass is 10.0.